The van der Waals surface area contributed by atoms with Crippen molar-refractivity contribution in [1.82, 2.24) is 0 Å². The molecule has 0 radical (unpaired) electrons. The van der Waals surface area contributed by atoms with E-state index in [-0.39, 0.29) is 0 Å². The molecule has 0 aromatic carbocycles. The van der Waals surface area contributed by atoms with Gasteiger partial charge in [-0.25, -0.2) is 0 Å². The first-order valence-electron chi connectivity index (χ1n) is 3.92. The smallest absolute Gasteiger partial charge is 0.0264 e. The molecule has 0 aromatic rings. The normalized spacial score (nSPS) is 66.0. The van der Waals surface area contributed by atoms with Gasteiger partial charge in [0.1, 0.15) is 0 Å². The molecule has 2 aliphatic rings. The van der Waals surface area contributed by atoms with Crippen molar-refractivity contribution in [2.75, 3.05) is 0 Å². The molecule has 0 aromatic heterocycles. The van der Waals surface area contributed by atoms with E-state index in [2.05, 4.69) is 59.0 Å². The quantitative estimate of drug-likeness (QED) is 0.459. The molecule has 0 aliphatic heterocycles. The molecule has 58 valence electrons. The minimum atomic E-state index is 0.981. The summed E-state index contributed by atoms with van der Waals surface area (Å²) in [5.41, 5.74) is 0. The van der Waals surface area contributed by atoms with E-state index in [4.69, 9.17) is 0 Å². The number of hydrogen-bond acceptors (Lipinski definition) is 0. The van der Waals surface area contributed by atoms with E-state index < -0.39 is 0 Å². The van der Waals surface area contributed by atoms with Gasteiger partial charge in [-0.15, -0.1) is 0 Å². The van der Waals surface area contributed by atoms with Gasteiger partial charge in [0, 0.05) is 7.85 Å². The Morgan fingerprint density at radius 2 is 1.10 bits per heavy atom. The molecule has 10 heavy (non-hydrogen) atoms. The second-order valence-corrected chi connectivity index (χ2v) is 6.64. The first-order chi connectivity index (χ1) is 4.64. The van der Waals surface area contributed by atoms with E-state index in [1.165, 1.54) is 0 Å². The average Bonchev–Trinajstić information content (AvgIpc) is 1.95. The summed E-state index contributed by atoms with van der Waals surface area (Å²) >= 11 is 5.26. The molecule has 2 saturated carbocycles. The third kappa shape index (κ3) is 0.780. The van der Waals surface area contributed by atoms with Crippen molar-refractivity contribution in [2.45, 2.75) is 21.7 Å². The summed E-state index contributed by atoms with van der Waals surface area (Å²) in [6, 6.07) is 0. The van der Waals surface area contributed by atoms with Crippen LogP contribution < -0.4 is 0 Å². The van der Waals surface area contributed by atoms with Crippen LogP contribution in [0.1, 0.15) is 13.8 Å². The van der Waals surface area contributed by atoms with Crippen LogP contribution in [0, 0.1) is 23.7 Å². The molecule has 6 atom stereocenters. The van der Waals surface area contributed by atoms with Gasteiger partial charge < -0.3 is 0 Å². The van der Waals surface area contributed by atoms with Gasteiger partial charge in [0.05, 0.1) is 0 Å². The van der Waals surface area contributed by atoms with Gasteiger partial charge >= 0.3 is 0 Å². The maximum Gasteiger partial charge on any atom is 0.0264 e. The Morgan fingerprint density at radius 1 is 0.800 bits per heavy atom. The van der Waals surface area contributed by atoms with Gasteiger partial charge in [-0.2, -0.15) is 0 Å². The van der Waals surface area contributed by atoms with Crippen molar-refractivity contribution < 1.29 is 0 Å². The molecular formula is C8H12I2. The average molecular weight is 362 g/mol. The maximum atomic E-state index is 2.63. The van der Waals surface area contributed by atoms with Crippen LogP contribution in [-0.2, 0) is 0 Å². The minimum Gasteiger partial charge on any atom is -0.0811 e. The Kier molecular flexibility index (Phi) is 2.00. The second kappa shape index (κ2) is 2.47. The van der Waals surface area contributed by atoms with E-state index in [0.29, 0.717) is 0 Å². The van der Waals surface area contributed by atoms with Crippen LogP contribution in [0.2, 0.25) is 0 Å². The highest BCUT2D eigenvalue weighted by atomic mass is 127. The summed E-state index contributed by atoms with van der Waals surface area (Å²) in [7, 11) is 0. The Hall–Kier alpha value is 1.46. The van der Waals surface area contributed by atoms with Crippen molar-refractivity contribution in [1.29, 1.82) is 0 Å². The van der Waals surface area contributed by atoms with E-state index in [9.17, 15) is 0 Å². The lowest BCUT2D eigenvalue weighted by molar-refractivity contribution is -0.0563. The highest BCUT2D eigenvalue weighted by molar-refractivity contribution is 14.1. The fraction of sp³-hybridized carbons (Fsp3) is 1.00. The monoisotopic (exact) mass is 362 g/mol. The molecule has 0 spiro atoms. The summed E-state index contributed by atoms with van der Waals surface area (Å²) in [6.07, 6.45) is 0. The van der Waals surface area contributed by atoms with Crippen LogP contribution in [-0.4, -0.2) is 7.85 Å². The fourth-order valence-electron chi connectivity index (χ4n) is 2.54. The Bertz CT molecular complexity index is 123. The number of hydrogen-bond donors (Lipinski definition) is 0. The third-order valence-electron chi connectivity index (χ3n) is 3.53. The Morgan fingerprint density at radius 3 is 1.40 bits per heavy atom. The highest BCUT2D eigenvalue weighted by Crippen LogP contribution is 2.63. The number of halogens is 2. The van der Waals surface area contributed by atoms with Gasteiger partial charge in [0.2, 0.25) is 0 Å². The SMILES string of the molecule is CC1C(C)[C@H]2C(I)C(I)C12. The first kappa shape index (κ1) is 8.08. The summed E-state index contributed by atoms with van der Waals surface area (Å²) in [5, 5.41) is 0. The molecule has 0 bridgehead atoms. The largest absolute Gasteiger partial charge is 0.0811 e. The molecule has 2 rings (SSSR count). The van der Waals surface area contributed by atoms with Gasteiger partial charge in [0.15, 0.2) is 0 Å². The van der Waals surface area contributed by atoms with Crippen molar-refractivity contribution in [3.05, 3.63) is 0 Å². The van der Waals surface area contributed by atoms with Crippen LogP contribution in [0.4, 0.5) is 0 Å². The second-order valence-electron chi connectivity index (χ2n) is 3.76. The Balaban J connectivity index is 2.07. The lowest BCUT2D eigenvalue weighted by atomic mass is 9.48. The molecule has 0 nitrogen and oxygen atoms in total. The number of alkyl halides is 2. The van der Waals surface area contributed by atoms with Crippen LogP contribution >= 0.6 is 45.2 Å². The lowest BCUT2D eigenvalue weighted by Crippen LogP contribution is -2.64. The predicted octanol–water partition coefficient (Wildman–Crippen LogP) is 3.13. The predicted molar refractivity (Wildman–Crippen MR) is 60.9 cm³/mol. The highest BCUT2D eigenvalue weighted by Gasteiger charge is 2.61. The zero-order chi connectivity index (χ0) is 7.46. The zero-order valence-electron chi connectivity index (χ0n) is 6.22. The van der Waals surface area contributed by atoms with Crippen molar-refractivity contribution in [2.24, 2.45) is 23.7 Å². The summed E-state index contributed by atoms with van der Waals surface area (Å²) in [6.45, 7) is 4.83. The zero-order valence-corrected chi connectivity index (χ0v) is 10.5. The molecule has 0 saturated heterocycles. The van der Waals surface area contributed by atoms with E-state index >= 15 is 0 Å². The van der Waals surface area contributed by atoms with Crippen molar-refractivity contribution >= 4 is 45.2 Å². The molecule has 0 N–H and O–H groups in total. The summed E-state index contributed by atoms with van der Waals surface area (Å²) in [5.74, 6) is 4.19. The van der Waals surface area contributed by atoms with Gasteiger partial charge in [-0.05, 0) is 23.7 Å². The molecule has 2 fully saturated rings. The van der Waals surface area contributed by atoms with E-state index in [1.54, 1.807) is 0 Å². The van der Waals surface area contributed by atoms with Crippen LogP contribution in [0.3, 0.4) is 0 Å². The van der Waals surface area contributed by atoms with Gasteiger partial charge in [0.25, 0.3) is 0 Å². The molecule has 0 amide bonds. The summed E-state index contributed by atoms with van der Waals surface area (Å²) < 4.78 is 1.96. The van der Waals surface area contributed by atoms with Crippen molar-refractivity contribution in [3.8, 4) is 0 Å². The van der Waals surface area contributed by atoms with E-state index in [1.807, 2.05) is 0 Å². The maximum absolute atomic E-state index is 2.63. The lowest BCUT2D eigenvalue weighted by Gasteiger charge is -2.63. The Labute approximate surface area is 89.8 Å². The summed E-state index contributed by atoms with van der Waals surface area (Å²) in [4.78, 5) is 0. The van der Waals surface area contributed by atoms with Crippen molar-refractivity contribution in [3.63, 3.8) is 0 Å². The number of rotatable bonds is 0. The van der Waals surface area contributed by atoms with Crippen LogP contribution in [0.15, 0.2) is 0 Å². The van der Waals surface area contributed by atoms with Crippen LogP contribution in [0.5, 0.6) is 0 Å². The van der Waals surface area contributed by atoms with Gasteiger partial charge in [-0.1, -0.05) is 59.0 Å². The topological polar surface area (TPSA) is 0 Å². The molecule has 2 aliphatic carbocycles. The number of fused-ring (bicyclic) bond motifs is 1. The molecule has 2 heteroatoms. The third-order valence-corrected chi connectivity index (χ3v) is 8.11. The minimum absolute atomic E-state index is 0.981. The first-order valence-corrected chi connectivity index (χ1v) is 6.42. The molecular weight excluding hydrogens is 350 g/mol. The fourth-order valence-corrected chi connectivity index (χ4v) is 5.77. The molecule has 0 heterocycles. The standard InChI is InChI=1S/C8H12I2/c1-3-4(2)6-5(3)7(9)8(6)10/h3-8H,1-2H3/t3?,4?,5-,6?,7?,8?/m1/s1. The molecule has 5 unspecified atom stereocenters. The van der Waals surface area contributed by atoms with E-state index in [0.717, 1.165) is 31.5 Å². The van der Waals surface area contributed by atoms with Crippen LogP contribution in [0.25, 0.3) is 0 Å². The van der Waals surface area contributed by atoms with Gasteiger partial charge in [-0.3, -0.25) is 0 Å².